The van der Waals surface area contributed by atoms with Gasteiger partial charge in [-0.25, -0.2) is 8.42 Å². The molecule has 9 heteroatoms. The maximum absolute atomic E-state index is 12.4. The van der Waals surface area contributed by atoms with Gasteiger partial charge in [-0.2, -0.15) is 0 Å². The number of rotatable bonds is 6. The zero-order valence-corrected chi connectivity index (χ0v) is 15.8. The SMILES string of the molecule is COc1cccc(NC(=O)CN(c2ccc3c(c2)OCCO3)S(C)(=O)=O)c1. The highest BCUT2D eigenvalue weighted by Crippen LogP contribution is 2.34. The van der Waals surface area contributed by atoms with Crippen LogP contribution in [0.5, 0.6) is 17.2 Å². The zero-order chi connectivity index (χ0) is 19.4. The smallest absolute Gasteiger partial charge is 0.245 e. The molecule has 1 aliphatic rings. The third kappa shape index (κ3) is 4.62. The number of carbonyl (C=O) groups is 1. The number of nitrogens with zero attached hydrogens (tertiary/aromatic N) is 1. The fraction of sp³-hybridized carbons (Fsp3) is 0.278. The van der Waals surface area contributed by atoms with Gasteiger partial charge in [0.2, 0.25) is 15.9 Å². The summed E-state index contributed by atoms with van der Waals surface area (Å²) in [6.07, 6.45) is 1.04. The average Bonchev–Trinajstić information content (AvgIpc) is 2.65. The van der Waals surface area contributed by atoms with Crippen LogP contribution in [0.15, 0.2) is 42.5 Å². The summed E-state index contributed by atoms with van der Waals surface area (Å²) in [7, 11) is -2.17. The third-order valence-corrected chi connectivity index (χ3v) is 5.00. The van der Waals surface area contributed by atoms with Gasteiger partial charge in [0.15, 0.2) is 11.5 Å². The maximum atomic E-state index is 12.4. The van der Waals surface area contributed by atoms with Crippen LogP contribution in [0.25, 0.3) is 0 Å². The van der Waals surface area contributed by atoms with E-state index in [1.807, 2.05) is 0 Å². The number of amides is 1. The molecule has 0 saturated carbocycles. The molecule has 1 aliphatic heterocycles. The van der Waals surface area contributed by atoms with Gasteiger partial charge < -0.3 is 19.5 Å². The Kier molecular flexibility index (Phi) is 5.41. The molecule has 1 heterocycles. The Balaban J connectivity index is 1.80. The summed E-state index contributed by atoms with van der Waals surface area (Å²) in [4.78, 5) is 12.4. The normalized spacial score (nSPS) is 13.0. The van der Waals surface area contributed by atoms with Crippen molar-refractivity contribution in [3.63, 3.8) is 0 Å². The fourth-order valence-corrected chi connectivity index (χ4v) is 3.47. The molecule has 27 heavy (non-hydrogen) atoms. The van der Waals surface area contributed by atoms with Crippen molar-refractivity contribution in [1.29, 1.82) is 0 Å². The monoisotopic (exact) mass is 392 g/mol. The number of hydrogen-bond donors (Lipinski definition) is 1. The van der Waals surface area contributed by atoms with Crippen LogP contribution in [0.1, 0.15) is 0 Å². The quantitative estimate of drug-likeness (QED) is 0.807. The predicted molar refractivity (Wildman–Crippen MR) is 101 cm³/mol. The number of hydrogen-bond acceptors (Lipinski definition) is 6. The fourth-order valence-electron chi connectivity index (χ4n) is 2.62. The van der Waals surface area contributed by atoms with E-state index in [-0.39, 0.29) is 6.54 Å². The Bertz CT molecular complexity index is 945. The van der Waals surface area contributed by atoms with E-state index in [0.29, 0.717) is 41.8 Å². The topological polar surface area (TPSA) is 94.2 Å². The summed E-state index contributed by atoms with van der Waals surface area (Å²) in [5.74, 6) is 1.09. The lowest BCUT2D eigenvalue weighted by molar-refractivity contribution is -0.114. The van der Waals surface area contributed by atoms with Crippen molar-refractivity contribution in [3.05, 3.63) is 42.5 Å². The first kappa shape index (κ1) is 18.8. The molecule has 2 aromatic carbocycles. The number of sulfonamides is 1. The van der Waals surface area contributed by atoms with Crippen LogP contribution in [-0.4, -0.2) is 47.4 Å². The zero-order valence-electron chi connectivity index (χ0n) is 15.0. The van der Waals surface area contributed by atoms with Gasteiger partial charge in [-0.15, -0.1) is 0 Å². The van der Waals surface area contributed by atoms with Crippen LogP contribution >= 0.6 is 0 Å². The largest absolute Gasteiger partial charge is 0.497 e. The Morgan fingerprint density at radius 2 is 1.89 bits per heavy atom. The minimum atomic E-state index is -3.69. The van der Waals surface area contributed by atoms with E-state index in [4.69, 9.17) is 14.2 Å². The second-order valence-electron chi connectivity index (χ2n) is 5.88. The predicted octanol–water partition coefficient (Wildman–Crippen LogP) is 1.87. The number of carbonyl (C=O) groups excluding carboxylic acids is 1. The number of benzene rings is 2. The molecular formula is C18H20N2O6S. The first-order valence-corrected chi connectivity index (χ1v) is 10.0. The number of methoxy groups -OCH3 is 1. The van der Waals surface area contributed by atoms with E-state index in [2.05, 4.69) is 5.32 Å². The second kappa shape index (κ2) is 7.75. The van der Waals surface area contributed by atoms with Gasteiger partial charge in [-0.05, 0) is 24.3 Å². The Morgan fingerprint density at radius 1 is 1.15 bits per heavy atom. The molecule has 0 fully saturated rings. The van der Waals surface area contributed by atoms with Crippen LogP contribution in [0.2, 0.25) is 0 Å². The van der Waals surface area contributed by atoms with Crippen molar-refractivity contribution in [2.45, 2.75) is 0 Å². The molecule has 0 unspecified atom stereocenters. The van der Waals surface area contributed by atoms with Crippen LogP contribution in [0, 0.1) is 0 Å². The van der Waals surface area contributed by atoms with Crippen LogP contribution in [0.4, 0.5) is 11.4 Å². The molecule has 0 spiro atoms. The molecule has 1 amide bonds. The van der Waals surface area contributed by atoms with Gasteiger partial charge in [0.05, 0.1) is 19.1 Å². The molecule has 0 saturated heterocycles. The standard InChI is InChI=1S/C18H20N2O6S/c1-24-15-5-3-4-13(10-15)19-18(21)12-20(27(2,22)23)14-6-7-16-17(11-14)26-9-8-25-16/h3-7,10-11H,8-9,12H2,1-2H3,(H,19,21). The van der Waals surface area contributed by atoms with Gasteiger partial charge in [0.1, 0.15) is 25.5 Å². The van der Waals surface area contributed by atoms with Crippen molar-refractivity contribution < 1.29 is 27.4 Å². The Morgan fingerprint density at radius 3 is 2.59 bits per heavy atom. The van der Waals surface area contributed by atoms with E-state index in [9.17, 15) is 13.2 Å². The molecule has 0 aromatic heterocycles. The summed E-state index contributed by atoms with van der Waals surface area (Å²) in [6, 6.07) is 11.6. The molecule has 2 aromatic rings. The third-order valence-electron chi connectivity index (χ3n) is 3.85. The lowest BCUT2D eigenvalue weighted by atomic mass is 10.2. The molecule has 0 aliphatic carbocycles. The van der Waals surface area contributed by atoms with E-state index < -0.39 is 15.9 Å². The second-order valence-corrected chi connectivity index (χ2v) is 7.78. The number of nitrogens with one attached hydrogen (secondary N) is 1. The minimum absolute atomic E-state index is 0.322. The molecule has 0 atom stereocenters. The lowest BCUT2D eigenvalue weighted by Gasteiger charge is -2.24. The lowest BCUT2D eigenvalue weighted by Crippen LogP contribution is -2.37. The van der Waals surface area contributed by atoms with Crippen molar-refractivity contribution in [2.75, 3.05) is 42.7 Å². The van der Waals surface area contributed by atoms with Gasteiger partial charge in [0.25, 0.3) is 0 Å². The van der Waals surface area contributed by atoms with Crippen molar-refractivity contribution in [1.82, 2.24) is 0 Å². The van der Waals surface area contributed by atoms with Crippen molar-refractivity contribution in [2.24, 2.45) is 0 Å². The van der Waals surface area contributed by atoms with E-state index in [1.165, 1.54) is 7.11 Å². The highest BCUT2D eigenvalue weighted by atomic mass is 32.2. The minimum Gasteiger partial charge on any atom is -0.497 e. The molecule has 1 N–H and O–H groups in total. The highest BCUT2D eigenvalue weighted by molar-refractivity contribution is 7.92. The Labute approximate surface area is 157 Å². The molecule has 8 nitrogen and oxygen atoms in total. The summed E-state index contributed by atoms with van der Waals surface area (Å²) in [5, 5.41) is 2.67. The highest BCUT2D eigenvalue weighted by Gasteiger charge is 2.23. The molecule has 0 bridgehead atoms. The van der Waals surface area contributed by atoms with Crippen LogP contribution in [-0.2, 0) is 14.8 Å². The van der Waals surface area contributed by atoms with E-state index in [0.717, 1.165) is 10.6 Å². The van der Waals surface area contributed by atoms with Crippen molar-refractivity contribution in [3.8, 4) is 17.2 Å². The van der Waals surface area contributed by atoms with Crippen LogP contribution in [0.3, 0.4) is 0 Å². The molecule has 0 radical (unpaired) electrons. The van der Waals surface area contributed by atoms with Crippen LogP contribution < -0.4 is 23.8 Å². The average molecular weight is 392 g/mol. The van der Waals surface area contributed by atoms with Gasteiger partial charge in [-0.1, -0.05) is 6.07 Å². The summed E-state index contributed by atoms with van der Waals surface area (Å²) in [5.41, 5.74) is 0.831. The number of fused-ring (bicyclic) bond motifs is 1. The van der Waals surface area contributed by atoms with E-state index in [1.54, 1.807) is 42.5 Å². The molecule has 144 valence electrons. The Hall–Kier alpha value is -2.94. The maximum Gasteiger partial charge on any atom is 0.245 e. The summed E-state index contributed by atoms with van der Waals surface area (Å²) in [6.45, 7) is 0.437. The number of ether oxygens (including phenoxy) is 3. The van der Waals surface area contributed by atoms with Gasteiger partial charge >= 0.3 is 0 Å². The first-order valence-electron chi connectivity index (χ1n) is 8.18. The molecule has 3 rings (SSSR count). The van der Waals surface area contributed by atoms with Gasteiger partial charge in [-0.3, -0.25) is 9.10 Å². The molecular weight excluding hydrogens is 372 g/mol. The van der Waals surface area contributed by atoms with Crippen molar-refractivity contribution >= 4 is 27.3 Å². The first-order chi connectivity index (χ1) is 12.9. The number of anilines is 2. The summed E-state index contributed by atoms with van der Waals surface area (Å²) < 4.78 is 41.5. The van der Waals surface area contributed by atoms with Gasteiger partial charge in [0, 0.05) is 17.8 Å². The van der Waals surface area contributed by atoms with E-state index >= 15 is 0 Å². The summed E-state index contributed by atoms with van der Waals surface area (Å²) >= 11 is 0.